The summed E-state index contributed by atoms with van der Waals surface area (Å²) in [7, 11) is 1.45. The number of rotatable bonds is 4. The van der Waals surface area contributed by atoms with Gasteiger partial charge >= 0.3 is 5.97 Å². The molecule has 0 fully saturated rings. The van der Waals surface area contributed by atoms with Crippen LogP contribution in [0, 0.1) is 5.82 Å². The van der Waals surface area contributed by atoms with E-state index in [1.165, 1.54) is 25.3 Å². The number of nitrogens with two attached hydrogens (primary N) is 1. The van der Waals surface area contributed by atoms with Crippen LogP contribution >= 0.6 is 0 Å². The number of methoxy groups -OCH3 is 1. The molecule has 3 N–H and O–H groups in total. The molecule has 0 aliphatic carbocycles. The second-order valence-corrected chi connectivity index (χ2v) is 3.11. The minimum Gasteiger partial charge on any atom is -0.497 e. The van der Waals surface area contributed by atoms with Gasteiger partial charge in [-0.1, -0.05) is 0 Å². The normalized spacial score (nSPS) is 12.2. The molecule has 0 aliphatic rings. The topological polar surface area (TPSA) is 72.5 Å². The molecule has 0 saturated carbocycles. The Morgan fingerprint density at radius 3 is 2.87 bits per heavy atom. The number of carbonyl (C=O) groups is 1. The maximum atomic E-state index is 13.2. The van der Waals surface area contributed by atoms with Crippen molar-refractivity contribution in [1.82, 2.24) is 0 Å². The number of carboxylic acid groups (broad SMARTS) is 1. The quantitative estimate of drug-likeness (QED) is 0.775. The van der Waals surface area contributed by atoms with E-state index in [-0.39, 0.29) is 12.0 Å². The Morgan fingerprint density at radius 2 is 2.33 bits per heavy atom. The van der Waals surface area contributed by atoms with Crippen molar-refractivity contribution >= 4 is 5.97 Å². The first-order valence-electron chi connectivity index (χ1n) is 4.35. The highest BCUT2D eigenvalue weighted by atomic mass is 19.1. The zero-order valence-electron chi connectivity index (χ0n) is 8.24. The maximum absolute atomic E-state index is 13.2. The van der Waals surface area contributed by atoms with E-state index in [1.807, 2.05) is 0 Å². The molecule has 5 heteroatoms. The van der Waals surface area contributed by atoms with E-state index in [1.54, 1.807) is 0 Å². The minimum absolute atomic E-state index is 0.0572. The molecule has 0 radical (unpaired) electrons. The number of benzene rings is 1. The smallest absolute Gasteiger partial charge is 0.320 e. The molecule has 0 bridgehead atoms. The Labute approximate surface area is 86.5 Å². The van der Waals surface area contributed by atoms with Crippen LogP contribution in [0.15, 0.2) is 18.2 Å². The van der Waals surface area contributed by atoms with Gasteiger partial charge in [-0.25, -0.2) is 4.39 Å². The molecule has 0 aliphatic heterocycles. The third-order valence-corrected chi connectivity index (χ3v) is 2.01. The van der Waals surface area contributed by atoms with Crippen LogP contribution in [0.5, 0.6) is 5.75 Å². The van der Waals surface area contributed by atoms with E-state index in [0.717, 1.165) is 0 Å². The summed E-state index contributed by atoms with van der Waals surface area (Å²) in [5.74, 6) is -1.16. The molecule has 0 aromatic heterocycles. The van der Waals surface area contributed by atoms with Gasteiger partial charge in [0, 0.05) is 6.42 Å². The van der Waals surface area contributed by atoms with Gasteiger partial charge in [0.1, 0.15) is 17.6 Å². The molecule has 0 saturated heterocycles. The molecular formula is C10H12FNO3. The van der Waals surface area contributed by atoms with Crippen molar-refractivity contribution in [3.05, 3.63) is 29.6 Å². The fourth-order valence-electron chi connectivity index (χ4n) is 1.16. The molecule has 1 rings (SSSR count). The fourth-order valence-corrected chi connectivity index (χ4v) is 1.16. The molecule has 15 heavy (non-hydrogen) atoms. The molecule has 4 nitrogen and oxygen atoms in total. The summed E-state index contributed by atoms with van der Waals surface area (Å²) in [6.07, 6.45) is -0.0572. The average molecular weight is 213 g/mol. The second-order valence-electron chi connectivity index (χ2n) is 3.11. The SMILES string of the molecule is COc1ccc(F)c(C[C@H](N)C(=O)O)c1. The van der Waals surface area contributed by atoms with Crippen molar-refractivity contribution in [3.8, 4) is 5.75 Å². The van der Waals surface area contributed by atoms with Crippen LogP contribution in [-0.4, -0.2) is 24.2 Å². The number of hydrogen-bond acceptors (Lipinski definition) is 3. The van der Waals surface area contributed by atoms with Crippen LogP contribution in [0.25, 0.3) is 0 Å². The predicted molar refractivity (Wildman–Crippen MR) is 52.3 cm³/mol. The third kappa shape index (κ3) is 2.92. The zero-order valence-corrected chi connectivity index (χ0v) is 8.24. The standard InChI is InChI=1S/C10H12FNO3/c1-15-7-2-3-8(11)6(4-7)5-9(12)10(13)14/h2-4,9H,5,12H2,1H3,(H,13,14)/t9-/m0/s1. The average Bonchev–Trinajstić information content (AvgIpc) is 2.21. The molecule has 0 unspecified atom stereocenters. The van der Waals surface area contributed by atoms with Gasteiger partial charge in [-0.3, -0.25) is 4.79 Å². The summed E-state index contributed by atoms with van der Waals surface area (Å²) >= 11 is 0. The number of halogens is 1. The van der Waals surface area contributed by atoms with Crippen molar-refractivity contribution < 1.29 is 19.0 Å². The molecule has 0 spiro atoms. The van der Waals surface area contributed by atoms with Crippen LogP contribution in [0.1, 0.15) is 5.56 Å². The predicted octanol–water partition coefficient (Wildman–Crippen LogP) is 0.789. The van der Waals surface area contributed by atoms with Gasteiger partial charge in [0.15, 0.2) is 0 Å². The van der Waals surface area contributed by atoms with Crippen LogP contribution in [0.3, 0.4) is 0 Å². The van der Waals surface area contributed by atoms with E-state index < -0.39 is 17.8 Å². The molecular weight excluding hydrogens is 201 g/mol. The molecule has 82 valence electrons. The fraction of sp³-hybridized carbons (Fsp3) is 0.300. The van der Waals surface area contributed by atoms with Gasteiger partial charge in [0.05, 0.1) is 7.11 Å². The van der Waals surface area contributed by atoms with Gasteiger partial charge in [-0.15, -0.1) is 0 Å². The van der Waals surface area contributed by atoms with Crippen LogP contribution < -0.4 is 10.5 Å². The van der Waals surface area contributed by atoms with Crippen LogP contribution in [0.2, 0.25) is 0 Å². The summed E-state index contributed by atoms with van der Waals surface area (Å²) in [6.45, 7) is 0. The molecule has 1 aromatic rings. The zero-order chi connectivity index (χ0) is 11.4. The summed E-state index contributed by atoms with van der Waals surface area (Å²) in [4.78, 5) is 10.5. The first kappa shape index (κ1) is 11.5. The summed E-state index contributed by atoms with van der Waals surface area (Å²) < 4.78 is 18.1. The Kier molecular flexibility index (Phi) is 3.62. The lowest BCUT2D eigenvalue weighted by atomic mass is 10.1. The summed E-state index contributed by atoms with van der Waals surface area (Å²) in [5, 5.41) is 8.58. The lowest BCUT2D eigenvalue weighted by molar-refractivity contribution is -0.138. The first-order chi connectivity index (χ1) is 7.04. The highest BCUT2D eigenvalue weighted by Gasteiger charge is 2.15. The van der Waals surface area contributed by atoms with Crippen molar-refractivity contribution in [2.75, 3.05) is 7.11 Å². The Hall–Kier alpha value is -1.62. The van der Waals surface area contributed by atoms with Crippen molar-refractivity contribution in [2.45, 2.75) is 12.5 Å². The summed E-state index contributed by atoms with van der Waals surface area (Å²) in [6, 6.07) is 3.03. The highest BCUT2D eigenvalue weighted by Crippen LogP contribution is 2.17. The molecule has 1 atom stereocenters. The summed E-state index contributed by atoms with van der Waals surface area (Å²) in [5.41, 5.74) is 5.54. The van der Waals surface area contributed by atoms with Gasteiger partial charge in [0.25, 0.3) is 0 Å². The second kappa shape index (κ2) is 4.75. The van der Waals surface area contributed by atoms with Gasteiger partial charge in [-0.05, 0) is 23.8 Å². The van der Waals surface area contributed by atoms with Crippen molar-refractivity contribution in [1.29, 1.82) is 0 Å². The Bertz CT molecular complexity index is 368. The number of hydrogen-bond donors (Lipinski definition) is 2. The van der Waals surface area contributed by atoms with Gasteiger partial charge in [0.2, 0.25) is 0 Å². The highest BCUT2D eigenvalue weighted by molar-refractivity contribution is 5.73. The largest absolute Gasteiger partial charge is 0.497 e. The molecule has 1 aromatic carbocycles. The number of carboxylic acids is 1. The lowest BCUT2D eigenvalue weighted by Gasteiger charge is -2.08. The van der Waals surface area contributed by atoms with Crippen molar-refractivity contribution in [3.63, 3.8) is 0 Å². The minimum atomic E-state index is -1.16. The van der Waals surface area contributed by atoms with E-state index >= 15 is 0 Å². The molecule has 0 heterocycles. The van der Waals surface area contributed by atoms with Gasteiger partial charge < -0.3 is 15.6 Å². The maximum Gasteiger partial charge on any atom is 0.320 e. The lowest BCUT2D eigenvalue weighted by Crippen LogP contribution is -2.32. The van der Waals surface area contributed by atoms with E-state index in [4.69, 9.17) is 15.6 Å². The van der Waals surface area contributed by atoms with E-state index in [2.05, 4.69) is 0 Å². The molecule has 0 amide bonds. The van der Waals surface area contributed by atoms with E-state index in [0.29, 0.717) is 5.75 Å². The van der Waals surface area contributed by atoms with Crippen LogP contribution in [0.4, 0.5) is 4.39 Å². The first-order valence-corrected chi connectivity index (χ1v) is 4.35. The monoisotopic (exact) mass is 213 g/mol. The van der Waals surface area contributed by atoms with E-state index in [9.17, 15) is 9.18 Å². The van der Waals surface area contributed by atoms with Gasteiger partial charge in [-0.2, -0.15) is 0 Å². The van der Waals surface area contributed by atoms with Crippen LogP contribution in [-0.2, 0) is 11.2 Å². The number of aliphatic carboxylic acids is 1. The van der Waals surface area contributed by atoms with Crippen molar-refractivity contribution in [2.24, 2.45) is 5.73 Å². The Morgan fingerprint density at radius 1 is 1.67 bits per heavy atom. The Balaban J connectivity index is 2.88. The third-order valence-electron chi connectivity index (χ3n) is 2.01. The number of ether oxygens (including phenoxy) is 1.